The molecule has 0 aliphatic carbocycles. The second-order valence-corrected chi connectivity index (χ2v) is 9.04. The number of halogens is 3. The summed E-state index contributed by atoms with van der Waals surface area (Å²) in [6, 6.07) is 17.7. The van der Waals surface area contributed by atoms with Crippen molar-refractivity contribution in [3.8, 4) is 16.9 Å². The molecule has 3 rings (SSSR count). The number of benzene rings is 3. The summed E-state index contributed by atoms with van der Waals surface area (Å²) in [5, 5.41) is 0. The number of likely N-dealkylation sites (N-methyl/N-ethyl adjacent to an activating group) is 1. The van der Waals surface area contributed by atoms with E-state index >= 15 is 0 Å². The Bertz CT molecular complexity index is 1220. The quantitative estimate of drug-likeness (QED) is 0.245. The van der Waals surface area contributed by atoms with Crippen LogP contribution in [0, 0.1) is 0 Å². The number of allylic oxidation sites excluding steroid dienone is 1. The summed E-state index contributed by atoms with van der Waals surface area (Å²) in [5.41, 5.74) is 1.75. The van der Waals surface area contributed by atoms with Gasteiger partial charge in [0.15, 0.2) is 5.78 Å². The van der Waals surface area contributed by atoms with Gasteiger partial charge in [0.1, 0.15) is 12.4 Å². The minimum absolute atomic E-state index is 0.0714. The van der Waals surface area contributed by atoms with Gasteiger partial charge in [0.05, 0.1) is 5.56 Å². The molecule has 0 atom stereocenters. The molecule has 0 saturated carbocycles. The molecule has 3 aromatic rings. The smallest absolute Gasteiger partial charge is 0.417 e. The van der Waals surface area contributed by atoms with E-state index < -0.39 is 11.7 Å². The normalized spacial score (nSPS) is 12.0. The number of hydrogen-bond acceptors (Lipinski definition) is 4. The number of nitrogens with zero attached hydrogens (tertiary/aromatic N) is 2. The Labute approximate surface area is 210 Å². The van der Waals surface area contributed by atoms with Crippen molar-refractivity contribution in [3.05, 3.63) is 95.1 Å². The summed E-state index contributed by atoms with van der Waals surface area (Å²) >= 11 is 0. The van der Waals surface area contributed by atoms with Crippen LogP contribution >= 0.6 is 0 Å². The van der Waals surface area contributed by atoms with Crippen LogP contribution in [0.5, 0.6) is 5.75 Å². The Hall–Kier alpha value is -3.42. The maximum absolute atomic E-state index is 13.6. The highest BCUT2D eigenvalue weighted by atomic mass is 19.4. The summed E-state index contributed by atoms with van der Waals surface area (Å²) in [5.74, 6) is 0.309. The van der Waals surface area contributed by atoms with Crippen LogP contribution in [0.4, 0.5) is 13.2 Å². The van der Waals surface area contributed by atoms with Gasteiger partial charge in [0.2, 0.25) is 0 Å². The van der Waals surface area contributed by atoms with Crippen LogP contribution in [0.15, 0.2) is 72.8 Å². The molecule has 0 aliphatic heterocycles. The van der Waals surface area contributed by atoms with Crippen molar-refractivity contribution in [2.75, 3.05) is 41.3 Å². The van der Waals surface area contributed by atoms with Crippen LogP contribution in [0.2, 0.25) is 0 Å². The third-order valence-corrected chi connectivity index (χ3v) is 5.53. The van der Waals surface area contributed by atoms with Crippen molar-refractivity contribution < 1.29 is 22.7 Å². The van der Waals surface area contributed by atoms with E-state index in [-0.39, 0.29) is 11.3 Å². The summed E-state index contributed by atoms with van der Waals surface area (Å²) in [4.78, 5) is 17.0. The zero-order valence-corrected chi connectivity index (χ0v) is 21.0. The van der Waals surface area contributed by atoms with Gasteiger partial charge in [-0.05, 0) is 75.2 Å². The fourth-order valence-corrected chi connectivity index (χ4v) is 3.79. The van der Waals surface area contributed by atoms with E-state index in [9.17, 15) is 18.0 Å². The lowest BCUT2D eigenvalue weighted by molar-refractivity contribution is -0.137. The Morgan fingerprint density at radius 3 is 2.31 bits per heavy atom. The molecule has 0 N–H and O–H groups in total. The van der Waals surface area contributed by atoms with Gasteiger partial charge < -0.3 is 14.5 Å². The Morgan fingerprint density at radius 2 is 1.61 bits per heavy atom. The first-order valence-corrected chi connectivity index (χ1v) is 11.6. The zero-order valence-electron chi connectivity index (χ0n) is 21.0. The van der Waals surface area contributed by atoms with E-state index in [0.29, 0.717) is 42.1 Å². The number of hydrogen-bond donors (Lipinski definition) is 0. The molecule has 3 aromatic carbocycles. The lowest BCUT2D eigenvalue weighted by atomic mass is 9.96. The number of carbonyl (C=O) groups is 1. The van der Waals surface area contributed by atoms with Gasteiger partial charge in [-0.2, -0.15) is 13.2 Å². The van der Waals surface area contributed by atoms with Crippen LogP contribution in [-0.2, 0) is 12.7 Å². The first-order chi connectivity index (χ1) is 17.1. The van der Waals surface area contributed by atoms with E-state index in [4.69, 9.17) is 4.74 Å². The van der Waals surface area contributed by atoms with E-state index in [2.05, 4.69) is 0 Å². The molecule has 0 fully saturated rings. The fraction of sp³-hybridized carbons (Fsp3) is 0.276. The highest BCUT2D eigenvalue weighted by Crippen LogP contribution is 2.38. The molecule has 0 spiro atoms. The molecule has 7 heteroatoms. The zero-order chi connectivity index (χ0) is 26.3. The first-order valence-electron chi connectivity index (χ1n) is 11.6. The molecule has 0 bridgehead atoms. The van der Waals surface area contributed by atoms with Crippen molar-refractivity contribution in [1.82, 2.24) is 9.80 Å². The average molecular weight is 497 g/mol. The molecule has 0 saturated heterocycles. The van der Waals surface area contributed by atoms with Gasteiger partial charge in [-0.15, -0.1) is 0 Å². The monoisotopic (exact) mass is 496 g/mol. The number of ketones is 1. The molecule has 0 heterocycles. The summed E-state index contributed by atoms with van der Waals surface area (Å²) < 4.78 is 46.8. The topological polar surface area (TPSA) is 32.8 Å². The maximum Gasteiger partial charge on any atom is 0.417 e. The molecule has 0 amide bonds. The second-order valence-electron chi connectivity index (χ2n) is 9.04. The molecule has 0 radical (unpaired) electrons. The van der Waals surface area contributed by atoms with Gasteiger partial charge in [-0.25, -0.2) is 0 Å². The molecule has 0 aliphatic rings. The molecular formula is C29H31F3N2O2. The average Bonchev–Trinajstić information content (AvgIpc) is 2.82. The lowest BCUT2D eigenvalue weighted by Gasteiger charge is -2.16. The third-order valence-electron chi connectivity index (χ3n) is 5.53. The summed E-state index contributed by atoms with van der Waals surface area (Å²) in [6.07, 6.45) is -1.43. The van der Waals surface area contributed by atoms with Crippen molar-refractivity contribution in [2.45, 2.75) is 12.7 Å². The van der Waals surface area contributed by atoms with Crippen LogP contribution in [0.1, 0.15) is 27.0 Å². The highest BCUT2D eigenvalue weighted by Gasteiger charge is 2.33. The van der Waals surface area contributed by atoms with Gasteiger partial charge in [0, 0.05) is 24.2 Å². The Balaban J connectivity index is 2.00. The molecule has 0 unspecified atom stereocenters. The van der Waals surface area contributed by atoms with Crippen molar-refractivity contribution in [2.24, 2.45) is 0 Å². The van der Waals surface area contributed by atoms with Crippen LogP contribution in [0.3, 0.4) is 0 Å². The molecular weight excluding hydrogens is 465 g/mol. The first kappa shape index (κ1) is 27.2. The number of ether oxygens (including phenoxy) is 1. The predicted octanol–water partition coefficient (Wildman–Crippen LogP) is 6.27. The van der Waals surface area contributed by atoms with Crippen molar-refractivity contribution >= 4 is 11.9 Å². The standard InChI is InChI=1S/C29H31F3N2O2/c1-33(2)17-18-36-28-16-14-21(24-10-7-8-12-26(24)29(30,31)32)19-22(28)13-15-27(35)25-11-6-5-9-23(25)20-34(3)4/h5-16,19H,17-18,20H2,1-4H3. The Morgan fingerprint density at radius 1 is 0.917 bits per heavy atom. The van der Waals surface area contributed by atoms with Crippen LogP contribution < -0.4 is 4.74 Å². The van der Waals surface area contributed by atoms with Crippen molar-refractivity contribution in [3.63, 3.8) is 0 Å². The van der Waals surface area contributed by atoms with E-state index in [1.807, 2.05) is 56.2 Å². The highest BCUT2D eigenvalue weighted by molar-refractivity contribution is 6.08. The van der Waals surface area contributed by atoms with E-state index in [1.54, 1.807) is 36.4 Å². The third kappa shape index (κ3) is 7.29. The molecule has 190 valence electrons. The SMILES string of the molecule is CN(C)CCOc1ccc(-c2ccccc2C(F)(F)F)cc1C=CC(=O)c1ccccc1CN(C)C. The minimum Gasteiger partial charge on any atom is -0.492 e. The molecule has 36 heavy (non-hydrogen) atoms. The largest absolute Gasteiger partial charge is 0.492 e. The molecule has 4 nitrogen and oxygen atoms in total. The minimum atomic E-state index is -4.49. The van der Waals surface area contributed by atoms with Crippen LogP contribution in [0.25, 0.3) is 17.2 Å². The van der Waals surface area contributed by atoms with E-state index in [1.165, 1.54) is 18.2 Å². The van der Waals surface area contributed by atoms with Gasteiger partial charge in [-0.3, -0.25) is 4.79 Å². The predicted molar refractivity (Wildman–Crippen MR) is 138 cm³/mol. The van der Waals surface area contributed by atoms with Gasteiger partial charge in [-0.1, -0.05) is 48.5 Å². The van der Waals surface area contributed by atoms with E-state index in [0.717, 1.165) is 11.6 Å². The fourth-order valence-electron chi connectivity index (χ4n) is 3.79. The number of carbonyl (C=O) groups excluding carboxylic acids is 1. The van der Waals surface area contributed by atoms with Crippen LogP contribution in [-0.4, -0.2) is 56.9 Å². The summed E-state index contributed by atoms with van der Waals surface area (Å²) in [6.45, 7) is 1.67. The van der Waals surface area contributed by atoms with Crippen molar-refractivity contribution in [1.29, 1.82) is 0 Å². The Kier molecular flexibility index (Phi) is 9.07. The lowest BCUT2D eigenvalue weighted by Crippen LogP contribution is -2.19. The maximum atomic E-state index is 13.6. The number of alkyl halides is 3. The summed E-state index contributed by atoms with van der Waals surface area (Å²) in [7, 11) is 7.70. The number of rotatable bonds is 10. The molecule has 0 aromatic heterocycles. The second kappa shape index (κ2) is 12.0. The van der Waals surface area contributed by atoms with Gasteiger partial charge >= 0.3 is 6.18 Å². The van der Waals surface area contributed by atoms with Gasteiger partial charge in [0.25, 0.3) is 0 Å².